The number of hydrogen-bond acceptors (Lipinski definition) is 4. The molecule has 0 bridgehead atoms. The molecule has 1 aliphatic carbocycles. The van der Waals surface area contributed by atoms with Crippen molar-refractivity contribution in [2.24, 2.45) is 0 Å². The van der Waals surface area contributed by atoms with E-state index in [1.54, 1.807) is 11.5 Å². The van der Waals surface area contributed by atoms with Crippen LogP contribution in [-0.2, 0) is 24.1 Å². The van der Waals surface area contributed by atoms with Gasteiger partial charge in [0.15, 0.2) is 0 Å². The van der Waals surface area contributed by atoms with Crippen molar-refractivity contribution in [2.45, 2.75) is 51.9 Å². The predicted octanol–water partition coefficient (Wildman–Crippen LogP) is 4.12. The van der Waals surface area contributed by atoms with Crippen LogP contribution >= 0.6 is 0 Å². The highest BCUT2D eigenvalue weighted by molar-refractivity contribution is 5.91. The number of carbonyl (C=O) groups is 1. The zero-order valence-corrected chi connectivity index (χ0v) is 18.6. The molecule has 0 spiro atoms. The smallest absolute Gasteiger partial charge is 0.326 e. The first kappa shape index (κ1) is 23.3. The lowest BCUT2D eigenvalue weighted by Gasteiger charge is -2.15. The summed E-state index contributed by atoms with van der Waals surface area (Å²) in [5.74, 6) is -0.664. The van der Waals surface area contributed by atoms with E-state index >= 15 is 0 Å². The van der Waals surface area contributed by atoms with E-state index in [9.17, 15) is 28.0 Å². The zero-order chi connectivity index (χ0) is 24.6. The second-order valence-electron chi connectivity index (χ2n) is 8.38. The summed E-state index contributed by atoms with van der Waals surface area (Å²) in [5, 5.41) is 16.3. The third-order valence-electron chi connectivity index (χ3n) is 5.97. The Balaban J connectivity index is 1.67. The fraction of sp³-hybridized carbons (Fsp3) is 0.333. The highest BCUT2D eigenvalue weighted by atomic mass is 19.4. The molecule has 3 aromatic rings. The number of aromatic nitrogens is 3. The largest absolute Gasteiger partial charge is 0.421 e. The number of rotatable bonds is 6. The van der Waals surface area contributed by atoms with E-state index in [4.69, 9.17) is 0 Å². The first-order valence-electron chi connectivity index (χ1n) is 10.7. The van der Waals surface area contributed by atoms with Gasteiger partial charge in [-0.2, -0.15) is 23.5 Å². The molecule has 0 saturated heterocycles. The maximum Gasteiger partial charge on any atom is 0.421 e. The minimum atomic E-state index is -4.85. The van der Waals surface area contributed by atoms with E-state index in [1.807, 2.05) is 37.3 Å². The molecule has 1 fully saturated rings. The van der Waals surface area contributed by atoms with Crippen LogP contribution in [0.5, 0.6) is 0 Å². The van der Waals surface area contributed by atoms with Crippen molar-refractivity contribution in [1.29, 1.82) is 5.26 Å². The Kier molecular flexibility index (Phi) is 6.04. The van der Waals surface area contributed by atoms with Crippen molar-refractivity contribution >= 4 is 11.7 Å². The number of benzene rings is 1. The number of nitrogens with zero attached hydrogens (tertiary/aromatic N) is 4. The van der Waals surface area contributed by atoms with Crippen LogP contribution < -0.4 is 10.9 Å². The summed E-state index contributed by atoms with van der Waals surface area (Å²) in [6.45, 7) is 3.24. The van der Waals surface area contributed by atoms with Crippen LogP contribution in [0.1, 0.15) is 52.4 Å². The van der Waals surface area contributed by atoms with Gasteiger partial charge in [0.05, 0.1) is 11.3 Å². The van der Waals surface area contributed by atoms with Gasteiger partial charge in [-0.05, 0) is 43.9 Å². The Morgan fingerprint density at radius 3 is 2.50 bits per heavy atom. The molecule has 0 atom stereocenters. The van der Waals surface area contributed by atoms with E-state index in [0.29, 0.717) is 29.6 Å². The van der Waals surface area contributed by atoms with Gasteiger partial charge in [0.2, 0.25) is 5.91 Å². The van der Waals surface area contributed by atoms with Crippen molar-refractivity contribution in [3.05, 3.63) is 80.4 Å². The van der Waals surface area contributed by atoms with Gasteiger partial charge in [-0.25, -0.2) is 4.68 Å². The topological polar surface area (TPSA) is 92.7 Å². The maximum atomic E-state index is 13.4. The molecule has 1 amide bonds. The molecule has 7 nitrogen and oxygen atoms in total. The van der Waals surface area contributed by atoms with Gasteiger partial charge >= 0.3 is 6.18 Å². The summed E-state index contributed by atoms with van der Waals surface area (Å²) in [4.78, 5) is 25.3. The Morgan fingerprint density at radius 1 is 1.24 bits per heavy atom. The molecule has 34 heavy (non-hydrogen) atoms. The molecule has 0 radical (unpaired) electrons. The summed E-state index contributed by atoms with van der Waals surface area (Å²) in [7, 11) is 0. The number of halogens is 3. The van der Waals surface area contributed by atoms with Gasteiger partial charge in [0, 0.05) is 18.2 Å². The van der Waals surface area contributed by atoms with Crippen molar-refractivity contribution < 1.29 is 18.0 Å². The molecule has 1 N–H and O–H groups in total. The number of anilines is 1. The lowest BCUT2D eigenvalue weighted by Crippen LogP contribution is -2.35. The molecule has 1 aliphatic rings. The van der Waals surface area contributed by atoms with E-state index in [1.165, 1.54) is 0 Å². The summed E-state index contributed by atoms with van der Waals surface area (Å²) in [5.41, 5.74) is 0.0700. The number of alkyl halides is 3. The van der Waals surface area contributed by atoms with Crippen molar-refractivity contribution in [2.75, 3.05) is 5.32 Å². The van der Waals surface area contributed by atoms with Gasteiger partial charge < -0.3 is 9.88 Å². The normalized spacial score (nSPS) is 13.5. The van der Waals surface area contributed by atoms with Crippen LogP contribution in [0, 0.1) is 25.2 Å². The monoisotopic (exact) mass is 469 g/mol. The van der Waals surface area contributed by atoms with Crippen LogP contribution in [0.2, 0.25) is 0 Å². The second kappa shape index (κ2) is 8.82. The predicted molar refractivity (Wildman–Crippen MR) is 118 cm³/mol. The van der Waals surface area contributed by atoms with Crippen molar-refractivity contribution in [3.63, 3.8) is 0 Å². The second-order valence-corrected chi connectivity index (χ2v) is 8.38. The van der Waals surface area contributed by atoms with Crippen molar-refractivity contribution in [3.8, 4) is 6.07 Å². The quantitative estimate of drug-likeness (QED) is 0.588. The summed E-state index contributed by atoms with van der Waals surface area (Å²) in [6, 6.07) is 12.3. The standard InChI is InChI=1S/C24H22F3N5O2/c1-14-15(2)31(12-16-6-4-3-5-7-16)22(18(14)11-28)29-21(33)13-32-23(34)19(24(25,26)27)10-20(30-32)17-8-9-17/h3-7,10,17H,8-9,12-13H2,1-2H3,(H,29,33). The maximum absolute atomic E-state index is 13.4. The Labute approximate surface area is 193 Å². The lowest BCUT2D eigenvalue weighted by atomic mass is 10.2. The van der Waals surface area contributed by atoms with Crippen LogP contribution in [0.4, 0.5) is 19.0 Å². The highest BCUT2D eigenvalue weighted by Gasteiger charge is 2.38. The summed E-state index contributed by atoms with van der Waals surface area (Å²) in [6.07, 6.45) is -3.48. The van der Waals surface area contributed by atoms with Gasteiger partial charge in [0.1, 0.15) is 24.0 Å². The number of nitrogens with one attached hydrogen (secondary N) is 1. The van der Waals surface area contributed by atoms with Crippen LogP contribution in [0.25, 0.3) is 0 Å². The average molecular weight is 469 g/mol. The molecular formula is C24H22F3N5O2. The Bertz CT molecular complexity index is 1350. The molecule has 1 aromatic carbocycles. The molecule has 10 heteroatoms. The van der Waals surface area contributed by atoms with Crippen LogP contribution in [-0.4, -0.2) is 20.3 Å². The number of carbonyl (C=O) groups excluding carboxylic acids is 1. The third kappa shape index (κ3) is 4.59. The van der Waals surface area contributed by atoms with Crippen molar-refractivity contribution in [1.82, 2.24) is 14.3 Å². The van der Waals surface area contributed by atoms with E-state index in [0.717, 1.165) is 17.3 Å². The van der Waals surface area contributed by atoms with Gasteiger partial charge in [-0.1, -0.05) is 30.3 Å². The Hall–Kier alpha value is -3.87. The SMILES string of the molecule is Cc1c(C#N)c(NC(=O)Cn2nc(C3CC3)cc(C(F)(F)F)c2=O)n(Cc2ccccc2)c1C. The van der Waals surface area contributed by atoms with Crippen LogP contribution in [0.3, 0.4) is 0 Å². The van der Waals surface area contributed by atoms with E-state index in [-0.39, 0.29) is 23.0 Å². The average Bonchev–Trinajstić information content (AvgIpc) is 3.60. The highest BCUT2D eigenvalue weighted by Crippen LogP contribution is 2.40. The lowest BCUT2D eigenvalue weighted by molar-refractivity contribution is -0.139. The fourth-order valence-corrected chi connectivity index (χ4v) is 3.85. The minimum absolute atomic E-state index is 0.144. The first-order valence-corrected chi connectivity index (χ1v) is 10.7. The molecule has 176 valence electrons. The third-order valence-corrected chi connectivity index (χ3v) is 5.97. The van der Waals surface area contributed by atoms with E-state index < -0.39 is 29.8 Å². The van der Waals surface area contributed by atoms with Gasteiger partial charge in [0.25, 0.3) is 5.56 Å². The molecule has 2 aromatic heterocycles. The minimum Gasteiger partial charge on any atom is -0.326 e. The Morgan fingerprint density at radius 2 is 1.91 bits per heavy atom. The van der Waals surface area contributed by atoms with Gasteiger partial charge in [-0.15, -0.1) is 0 Å². The molecule has 0 unspecified atom stereocenters. The molecule has 4 rings (SSSR count). The number of amides is 1. The van der Waals surface area contributed by atoms with Crippen LogP contribution in [0.15, 0.2) is 41.2 Å². The first-order chi connectivity index (χ1) is 16.1. The molecule has 1 saturated carbocycles. The van der Waals surface area contributed by atoms with Gasteiger partial charge in [-0.3, -0.25) is 9.59 Å². The van der Waals surface area contributed by atoms with E-state index in [2.05, 4.69) is 16.5 Å². The zero-order valence-electron chi connectivity index (χ0n) is 18.6. The fourth-order valence-electron chi connectivity index (χ4n) is 3.85. The number of hydrogen-bond donors (Lipinski definition) is 1. The number of nitriles is 1. The summed E-state index contributed by atoms with van der Waals surface area (Å²) < 4.78 is 42.5. The molecular weight excluding hydrogens is 447 g/mol. The summed E-state index contributed by atoms with van der Waals surface area (Å²) >= 11 is 0. The molecule has 2 heterocycles. The molecule has 0 aliphatic heterocycles.